The highest BCUT2D eigenvalue weighted by molar-refractivity contribution is 6.31. The number of para-hydroxylation sites is 1. The molecule has 6 rings (SSSR count). The van der Waals surface area contributed by atoms with Crippen molar-refractivity contribution in [2.45, 2.75) is 25.9 Å². The Kier molecular flexibility index (Phi) is 6.63. The minimum atomic E-state index is -1.09. The number of carboxylic acids is 1. The number of aromatic nitrogens is 2. The highest BCUT2D eigenvalue weighted by Crippen LogP contribution is 2.32. The van der Waals surface area contributed by atoms with Crippen LogP contribution in [0.15, 0.2) is 78.9 Å². The number of carbonyl (C=O) groups excluding carboxylic acids is 1. The Labute approximate surface area is 230 Å². The fourth-order valence-corrected chi connectivity index (χ4v) is 5.56. The lowest BCUT2D eigenvalue weighted by atomic mass is 10.0. The van der Waals surface area contributed by atoms with Crippen molar-refractivity contribution in [3.05, 3.63) is 112 Å². The van der Waals surface area contributed by atoms with E-state index >= 15 is 0 Å². The molecule has 0 fully saturated rings. The number of carboxylic acid groups (broad SMARTS) is 1. The average Bonchev–Trinajstić information content (AvgIpc) is 3.24. The fraction of sp³-hybridized carbons (Fsp3) is 0.156. The van der Waals surface area contributed by atoms with Crippen LogP contribution in [-0.4, -0.2) is 38.0 Å². The van der Waals surface area contributed by atoms with Gasteiger partial charge in [0.1, 0.15) is 6.42 Å². The zero-order valence-corrected chi connectivity index (χ0v) is 21.9. The molecule has 0 aliphatic carbocycles. The Morgan fingerprint density at radius 1 is 0.974 bits per heavy atom. The Hall–Kier alpha value is -4.42. The third-order valence-corrected chi connectivity index (χ3v) is 7.47. The molecule has 0 saturated heterocycles. The molecule has 1 amide bonds. The summed E-state index contributed by atoms with van der Waals surface area (Å²) in [6.45, 7) is 1.65. The third kappa shape index (κ3) is 5.16. The molecule has 0 spiro atoms. The maximum Gasteiger partial charge on any atom is 0.312 e. The number of halogens is 1. The second-order valence-electron chi connectivity index (χ2n) is 9.82. The van der Waals surface area contributed by atoms with Gasteiger partial charge in [0.05, 0.1) is 11.2 Å². The van der Waals surface area contributed by atoms with Crippen LogP contribution in [0.3, 0.4) is 0 Å². The second-order valence-corrected chi connectivity index (χ2v) is 10.3. The highest BCUT2D eigenvalue weighted by Gasteiger charge is 2.27. The van der Waals surface area contributed by atoms with Crippen LogP contribution in [0.5, 0.6) is 0 Å². The van der Waals surface area contributed by atoms with Crippen molar-refractivity contribution in [1.82, 2.24) is 14.5 Å². The number of hydrogen-bond donors (Lipinski definition) is 1. The zero-order valence-electron chi connectivity index (χ0n) is 21.2. The molecule has 6 nitrogen and oxygen atoms in total. The number of benzene rings is 3. The summed E-state index contributed by atoms with van der Waals surface area (Å²) in [4.78, 5) is 29.9. The molecule has 0 radical (unpaired) electrons. The monoisotopic (exact) mass is 535 g/mol. The molecule has 3 aromatic carbocycles. The predicted octanol–water partition coefficient (Wildman–Crippen LogP) is 6.42. The van der Waals surface area contributed by atoms with E-state index in [0.717, 1.165) is 38.6 Å². The van der Waals surface area contributed by atoms with E-state index in [4.69, 9.17) is 21.7 Å². The van der Waals surface area contributed by atoms with E-state index < -0.39 is 12.4 Å². The second kappa shape index (κ2) is 10.4. The summed E-state index contributed by atoms with van der Waals surface area (Å²) < 4.78 is 2.33. The Balaban J connectivity index is 1.27. The Morgan fingerprint density at radius 2 is 1.82 bits per heavy atom. The van der Waals surface area contributed by atoms with Gasteiger partial charge < -0.3 is 14.6 Å². The van der Waals surface area contributed by atoms with Gasteiger partial charge in [0.25, 0.3) is 0 Å². The maximum atomic E-state index is 12.5. The van der Waals surface area contributed by atoms with Crippen molar-refractivity contribution in [1.29, 1.82) is 0 Å². The molecule has 0 unspecified atom stereocenters. The van der Waals surface area contributed by atoms with E-state index in [2.05, 4.69) is 47.0 Å². The van der Waals surface area contributed by atoms with Crippen molar-refractivity contribution in [3.8, 4) is 0 Å². The van der Waals surface area contributed by atoms with E-state index in [-0.39, 0.29) is 5.91 Å². The summed E-state index contributed by atoms with van der Waals surface area (Å²) in [5.41, 5.74) is 7.41. The van der Waals surface area contributed by atoms with E-state index in [9.17, 15) is 9.59 Å². The van der Waals surface area contributed by atoms with Gasteiger partial charge in [-0.15, -0.1) is 0 Å². The van der Waals surface area contributed by atoms with Gasteiger partial charge in [-0.1, -0.05) is 66.2 Å². The van der Waals surface area contributed by atoms with Gasteiger partial charge in [-0.25, -0.2) is 4.98 Å². The van der Waals surface area contributed by atoms with E-state index in [1.54, 1.807) is 4.90 Å². The number of aliphatic carboxylic acids is 1. The van der Waals surface area contributed by atoms with Crippen LogP contribution < -0.4 is 0 Å². The molecule has 0 saturated carbocycles. The quantitative estimate of drug-likeness (QED) is 0.254. The summed E-state index contributed by atoms with van der Waals surface area (Å²) in [6, 6.07) is 26.4. The largest absolute Gasteiger partial charge is 0.481 e. The maximum absolute atomic E-state index is 12.5. The molecule has 0 bridgehead atoms. The average molecular weight is 536 g/mol. The van der Waals surface area contributed by atoms with Gasteiger partial charge >= 0.3 is 5.97 Å². The summed E-state index contributed by atoms with van der Waals surface area (Å²) >= 11 is 6.14. The molecule has 0 atom stereocenters. The molecule has 2 aromatic heterocycles. The number of rotatable bonds is 6. The van der Waals surface area contributed by atoms with Gasteiger partial charge in [-0.3, -0.25) is 9.59 Å². The molecule has 1 aliphatic heterocycles. The van der Waals surface area contributed by atoms with Gasteiger partial charge in [0.2, 0.25) is 5.91 Å². The molecule has 1 aliphatic rings. The molecule has 1 N–H and O–H groups in total. The van der Waals surface area contributed by atoms with Crippen molar-refractivity contribution in [3.63, 3.8) is 0 Å². The predicted molar refractivity (Wildman–Crippen MR) is 155 cm³/mol. The molecule has 194 valence electrons. The summed E-state index contributed by atoms with van der Waals surface area (Å²) in [6.07, 6.45) is 4.29. The van der Waals surface area contributed by atoms with Crippen LogP contribution in [-0.2, 0) is 29.1 Å². The van der Waals surface area contributed by atoms with Crippen LogP contribution in [0.1, 0.15) is 34.5 Å². The standard InChI is InChI=1S/C32H26ClN3O3/c33-24-11-9-23-10-13-25(34-28(23)17-24)12-8-21-4-3-5-22(16-21)19-36-29-7-2-1-6-26(29)27-20-35(15-14-30(27)36)31(37)18-32(38)39/h1-13,16-17H,14-15,18-20H2,(H,38,39)/b12-8+. The lowest BCUT2D eigenvalue weighted by molar-refractivity contribution is -0.144. The van der Waals surface area contributed by atoms with Crippen LogP contribution in [0, 0.1) is 0 Å². The van der Waals surface area contributed by atoms with Gasteiger partial charge in [0.15, 0.2) is 0 Å². The number of carbonyl (C=O) groups is 2. The minimum Gasteiger partial charge on any atom is -0.481 e. The number of fused-ring (bicyclic) bond motifs is 4. The van der Waals surface area contributed by atoms with Crippen LogP contribution in [0.4, 0.5) is 0 Å². The topological polar surface area (TPSA) is 75.4 Å². The fourth-order valence-electron chi connectivity index (χ4n) is 5.39. The van der Waals surface area contributed by atoms with Crippen molar-refractivity contribution in [2.24, 2.45) is 0 Å². The molecular weight excluding hydrogens is 510 g/mol. The smallest absolute Gasteiger partial charge is 0.312 e. The number of amides is 1. The first-order chi connectivity index (χ1) is 18.9. The minimum absolute atomic E-state index is 0.339. The lowest BCUT2D eigenvalue weighted by Gasteiger charge is -2.28. The summed E-state index contributed by atoms with van der Waals surface area (Å²) in [5.74, 6) is -1.43. The molecular formula is C32H26ClN3O3. The first-order valence-corrected chi connectivity index (χ1v) is 13.2. The van der Waals surface area contributed by atoms with E-state index in [1.165, 1.54) is 11.3 Å². The van der Waals surface area contributed by atoms with Gasteiger partial charge in [0, 0.05) is 58.6 Å². The van der Waals surface area contributed by atoms with Crippen LogP contribution >= 0.6 is 11.6 Å². The van der Waals surface area contributed by atoms with Gasteiger partial charge in [-0.2, -0.15) is 0 Å². The van der Waals surface area contributed by atoms with Gasteiger partial charge in [-0.05, 0) is 47.5 Å². The number of nitrogens with zero attached hydrogens (tertiary/aromatic N) is 3. The van der Waals surface area contributed by atoms with Crippen LogP contribution in [0.2, 0.25) is 5.02 Å². The summed E-state index contributed by atoms with van der Waals surface area (Å²) in [7, 11) is 0. The van der Waals surface area contributed by atoms with Crippen molar-refractivity contribution >= 4 is 57.4 Å². The lowest BCUT2D eigenvalue weighted by Crippen LogP contribution is -2.37. The molecule has 7 heteroatoms. The molecule has 3 heterocycles. The van der Waals surface area contributed by atoms with Crippen LogP contribution in [0.25, 0.3) is 34.0 Å². The Bertz CT molecular complexity index is 1770. The molecule has 5 aromatic rings. The Morgan fingerprint density at radius 3 is 2.69 bits per heavy atom. The van der Waals surface area contributed by atoms with E-state index in [1.807, 2.05) is 48.5 Å². The zero-order chi connectivity index (χ0) is 26.9. The highest BCUT2D eigenvalue weighted by atomic mass is 35.5. The first-order valence-electron chi connectivity index (χ1n) is 12.9. The normalized spacial score (nSPS) is 13.3. The van der Waals surface area contributed by atoms with E-state index in [0.29, 0.717) is 31.1 Å². The molecule has 39 heavy (non-hydrogen) atoms. The SMILES string of the molecule is O=C(O)CC(=O)N1CCc2c(c3ccccc3n2Cc2cccc(/C=C/c3ccc4ccc(Cl)cc4n3)c2)C1. The third-order valence-electron chi connectivity index (χ3n) is 7.23. The first kappa shape index (κ1) is 24.9. The van der Waals surface area contributed by atoms with Crippen molar-refractivity contribution in [2.75, 3.05) is 6.54 Å². The number of hydrogen-bond acceptors (Lipinski definition) is 3. The number of pyridine rings is 1. The summed E-state index contributed by atoms with van der Waals surface area (Å²) in [5, 5.41) is 11.9. The van der Waals surface area contributed by atoms with Crippen molar-refractivity contribution < 1.29 is 14.7 Å².